The highest BCUT2D eigenvalue weighted by atomic mass is 32.2. The normalized spacial score (nSPS) is 23.8. The molecule has 0 aliphatic heterocycles. The van der Waals surface area contributed by atoms with Crippen molar-refractivity contribution in [1.29, 1.82) is 0 Å². The van der Waals surface area contributed by atoms with E-state index >= 15 is 0 Å². The standard InChI is InChI=1S/C20H30N2O3S/c1-4-15-5-9-17(10-6-15)22(18-11-12-18)20(23)16-7-13-19(14-8-16)26(24,25)21(2)3/h7-8,13-15,17-18H,4-6,9-12H2,1-3H3. The Balaban J connectivity index is 1.76. The molecule has 0 saturated heterocycles. The number of hydrogen-bond acceptors (Lipinski definition) is 3. The maximum Gasteiger partial charge on any atom is 0.254 e. The first-order valence-corrected chi connectivity index (χ1v) is 11.1. The lowest BCUT2D eigenvalue weighted by molar-refractivity contribution is 0.0587. The van der Waals surface area contributed by atoms with E-state index in [9.17, 15) is 13.2 Å². The highest BCUT2D eigenvalue weighted by molar-refractivity contribution is 7.89. The van der Waals surface area contributed by atoms with E-state index in [1.165, 1.54) is 37.7 Å². The molecule has 1 aromatic rings. The van der Waals surface area contributed by atoms with Gasteiger partial charge in [-0.2, -0.15) is 0 Å². The molecule has 0 spiro atoms. The van der Waals surface area contributed by atoms with Gasteiger partial charge in [-0.25, -0.2) is 12.7 Å². The van der Waals surface area contributed by atoms with Crippen LogP contribution in [0.5, 0.6) is 0 Å². The van der Waals surface area contributed by atoms with Crippen LogP contribution >= 0.6 is 0 Å². The van der Waals surface area contributed by atoms with E-state index in [1.807, 2.05) is 0 Å². The van der Waals surface area contributed by atoms with E-state index in [-0.39, 0.29) is 10.8 Å². The van der Waals surface area contributed by atoms with Crippen molar-refractivity contribution in [3.8, 4) is 0 Å². The average Bonchev–Trinajstić information content (AvgIpc) is 3.47. The van der Waals surface area contributed by atoms with Crippen molar-refractivity contribution in [1.82, 2.24) is 9.21 Å². The minimum atomic E-state index is -3.46. The van der Waals surface area contributed by atoms with Gasteiger partial charge in [0, 0.05) is 31.7 Å². The number of benzene rings is 1. The molecule has 0 heterocycles. The van der Waals surface area contributed by atoms with Gasteiger partial charge < -0.3 is 4.90 Å². The minimum absolute atomic E-state index is 0.0567. The quantitative estimate of drug-likeness (QED) is 0.761. The number of sulfonamides is 1. The summed E-state index contributed by atoms with van der Waals surface area (Å²) in [5.41, 5.74) is 0.590. The van der Waals surface area contributed by atoms with Crippen molar-refractivity contribution >= 4 is 15.9 Å². The molecule has 3 rings (SSSR count). The molecule has 0 N–H and O–H groups in total. The summed E-state index contributed by atoms with van der Waals surface area (Å²) >= 11 is 0. The molecular formula is C20H30N2O3S. The van der Waals surface area contributed by atoms with Crippen molar-refractivity contribution in [2.45, 2.75) is 68.8 Å². The van der Waals surface area contributed by atoms with Crippen molar-refractivity contribution in [2.24, 2.45) is 5.92 Å². The molecule has 0 radical (unpaired) electrons. The molecule has 1 amide bonds. The number of nitrogens with zero attached hydrogens (tertiary/aromatic N) is 2. The van der Waals surface area contributed by atoms with Crippen molar-refractivity contribution < 1.29 is 13.2 Å². The lowest BCUT2D eigenvalue weighted by Crippen LogP contribution is -2.43. The van der Waals surface area contributed by atoms with Crippen LogP contribution in [0.4, 0.5) is 0 Å². The predicted molar refractivity (Wildman–Crippen MR) is 103 cm³/mol. The third-order valence-corrected chi connectivity index (χ3v) is 7.67. The molecule has 0 bridgehead atoms. The summed E-state index contributed by atoms with van der Waals surface area (Å²) in [7, 11) is -0.445. The van der Waals surface area contributed by atoms with Crippen LogP contribution in [0.3, 0.4) is 0 Å². The summed E-state index contributed by atoms with van der Waals surface area (Å²) in [5.74, 6) is 0.860. The van der Waals surface area contributed by atoms with Gasteiger partial charge in [-0.1, -0.05) is 13.3 Å². The van der Waals surface area contributed by atoms with Gasteiger partial charge in [0.15, 0.2) is 0 Å². The Morgan fingerprint density at radius 3 is 1.88 bits per heavy atom. The van der Waals surface area contributed by atoms with Gasteiger partial charge in [0.05, 0.1) is 4.90 Å². The maximum atomic E-state index is 13.1. The van der Waals surface area contributed by atoms with E-state index in [0.29, 0.717) is 17.6 Å². The molecule has 0 aromatic heterocycles. The van der Waals surface area contributed by atoms with E-state index in [0.717, 1.165) is 31.6 Å². The fourth-order valence-corrected chi connectivity index (χ4v) is 4.84. The number of hydrogen-bond donors (Lipinski definition) is 0. The first kappa shape index (κ1) is 19.4. The largest absolute Gasteiger partial charge is 0.333 e. The van der Waals surface area contributed by atoms with Crippen molar-refractivity contribution in [2.75, 3.05) is 14.1 Å². The predicted octanol–water partition coefficient (Wildman–Crippen LogP) is 3.51. The van der Waals surface area contributed by atoms with Gasteiger partial charge in [0.25, 0.3) is 5.91 Å². The Morgan fingerprint density at radius 2 is 1.46 bits per heavy atom. The van der Waals surface area contributed by atoms with Crippen LogP contribution in [0.2, 0.25) is 0 Å². The topological polar surface area (TPSA) is 57.7 Å². The summed E-state index contributed by atoms with van der Waals surface area (Å²) in [6.45, 7) is 2.25. The zero-order chi connectivity index (χ0) is 18.9. The summed E-state index contributed by atoms with van der Waals surface area (Å²) in [6.07, 6.45) is 8.00. The number of carbonyl (C=O) groups is 1. The maximum absolute atomic E-state index is 13.1. The molecule has 2 aliphatic rings. The van der Waals surface area contributed by atoms with Crippen LogP contribution in [0.15, 0.2) is 29.2 Å². The Kier molecular flexibility index (Phi) is 5.72. The lowest BCUT2D eigenvalue weighted by atomic mass is 9.83. The van der Waals surface area contributed by atoms with Crippen LogP contribution in [0.25, 0.3) is 0 Å². The highest BCUT2D eigenvalue weighted by Crippen LogP contribution is 2.37. The fourth-order valence-electron chi connectivity index (χ4n) is 3.94. The fraction of sp³-hybridized carbons (Fsp3) is 0.650. The van der Waals surface area contributed by atoms with Crippen LogP contribution in [-0.2, 0) is 10.0 Å². The molecule has 0 atom stereocenters. The minimum Gasteiger partial charge on any atom is -0.333 e. The SMILES string of the molecule is CCC1CCC(N(C(=O)c2ccc(S(=O)(=O)N(C)C)cc2)C2CC2)CC1. The second kappa shape index (κ2) is 7.69. The number of amides is 1. The Bertz CT molecular complexity index is 731. The first-order chi connectivity index (χ1) is 12.3. The Hall–Kier alpha value is -1.40. The second-order valence-corrected chi connectivity index (χ2v) is 9.99. The van der Waals surface area contributed by atoms with E-state index in [1.54, 1.807) is 24.3 Å². The van der Waals surface area contributed by atoms with Gasteiger partial charge in [-0.3, -0.25) is 4.79 Å². The van der Waals surface area contributed by atoms with Crippen LogP contribution < -0.4 is 0 Å². The molecular weight excluding hydrogens is 348 g/mol. The van der Waals surface area contributed by atoms with Gasteiger partial charge in [0.2, 0.25) is 10.0 Å². The molecule has 26 heavy (non-hydrogen) atoms. The molecule has 2 saturated carbocycles. The number of rotatable bonds is 6. The smallest absolute Gasteiger partial charge is 0.254 e. The van der Waals surface area contributed by atoms with Crippen LogP contribution in [0, 0.1) is 5.92 Å². The van der Waals surface area contributed by atoms with E-state index < -0.39 is 10.0 Å². The van der Waals surface area contributed by atoms with Crippen LogP contribution in [0.1, 0.15) is 62.2 Å². The van der Waals surface area contributed by atoms with Gasteiger partial charge in [-0.05, 0) is 68.7 Å². The zero-order valence-corrected chi connectivity index (χ0v) is 16.8. The molecule has 0 unspecified atom stereocenters. The van der Waals surface area contributed by atoms with Crippen molar-refractivity contribution in [3.63, 3.8) is 0 Å². The van der Waals surface area contributed by atoms with Gasteiger partial charge in [0.1, 0.15) is 0 Å². The first-order valence-electron chi connectivity index (χ1n) is 9.69. The monoisotopic (exact) mass is 378 g/mol. The Labute approximate surface area is 157 Å². The lowest BCUT2D eigenvalue weighted by Gasteiger charge is -2.37. The van der Waals surface area contributed by atoms with E-state index in [4.69, 9.17) is 0 Å². The number of carbonyl (C=O) groups excluding carboxylic acids is 1. The highest BCUT2D eigenvalue weighted by Gasteiger charge is 2.39. The van der Waals surface area contributed by atoms with E-state index in [2.05, 4.69) is 11.8 Å². The average molecular weight is 379 g/mol. The molecule has 2 aliphatic carbocycles. The third-order valence-electron chi connectivity index (χ3n) is 5.84. The zero-order valence-electron chi connectivity index (χ0n) is 16.0. The molecule has 5 nitrogen and oxygen atoms in total. The third kappa shape index (κ3) is 3.96. The van der Waals surface area contributed by atoms with Gasteiger partial charge >= 0.3 is 0 Å². The summed E-state index contributed by atoms with van der Waals surface area (Å²) in [5, 5.41) is 0. The van der Waals surface area contributed by atoms with Crippen LogP contribution in [-0.4, -0.2) is 49.7 Å². The second-order valence-electron chi connectivity index (χ2n) is 7.84. The summed E-state index contributed by atoms with van der Waals surface area (Å²) < 4.78 is 25.6. The van der Waals surface area contributed by atoms with Gasteiger partial charge in [-0.15, -0.1) is 0 Å². The molecule has 144 valence electrons. The molecule has 6 heteroatoms. The summed E-state index contributed by atoms with van der Waals surface area (Å²) in [6, 6.07) is 7.11. The molecule has 2 fully saturated rings. The Morgan fingerprint density at radius 1 is 0.962 bits per heavy atom. The molecule has 1 aromatic carbocycles. The van der Waals surface area contributed by atoms with Crippen molar-refractivity contribution in [3.05, 3.63) is 29.8 Å². The summed E-state index contributed by atoms with van der Waals surface area (Å²) in [4.78, 5) is 15.5.